The summed E-state index contributed by atoms with van der Waals surface area (Å²) in [5, 5.41) is 6.00. The van der Waals surface area contributed by atoms with Crippen LogP contribution in [0.2, 0.25) is 0 Å². The minimum Gasteiger partial charge on any atom is -0.356 e. The van der Waals surface area contributed by atoms with Crippen molar-refractivity contribution in [2.24, 2.45) is 0 Å². The van der Waals surface area contributed by atoms with E-state index in [4.69, 9.17) is 0 Å². The second-order valence-electron chi connectivity index (χ2n) is 7.13. The molecule has 0 aliphatic rings. The lowest BCUT2D eigenvalue weighted by Gasteiger charge is -2.20. The molecule has 140 valence electrons. The number of anilines is 2. The molecule has 0 saturated heterocycles. The third-order valence-electron chi connectivity index (χ3n) is 5.20. The van der Waals surface area contributed by atoms with E-state index in [2.05, 4.69) is 106 Å². The van der Waals surface area contributed by atoms with E-state index in [0.717, 1.165) is 11.4 Å². The van der Waals surface area contributed by atoms with Crippen LogP contribution in [0, 0.1) is 0 Å². The molecule has 3 nitrogen and oxygen atoms in total. The number of hydrogen-bond acceptors (Lipinski definition) is 2. The summed E-state index contributed by atoms with van der Waals surface area (Å²) in [5.41, 5.74) is 4.62. The van der Waals surface area contributed by atoms with Gasteiger partial charge in [0, 0.05) is 23.8 Å². The minimum absolute atomic E-state index is 0.105. The summed E-state index contributed by atoms with van der Waals surface area (Å²) in [6, 6.07) is 34.1. The predicted molar refractivity (Wildman–Crippen MR) is 120 cm³/mol. The molecular formula is C26H21N3. The highest BCUT2D eigenvalue weighted by molar-refractivity contribution is 5.86. The highest BCUT2D eigenvalue weighted by Crippen LogP contribution is 2.28. The van der Waals surface area contributed by atoms with Gasteiger partial charge in [-0.25, -0.2) is 4.98 Å². The molecule has 0 radical (unpaired) electrons. The predicted octanol–water partition coefficient (Wildman–Crippen LogP) is 6.42. The summed E-state index contributed by atoms with van der Waals surface area (Å²) in [4.78, 5) is 4.24. The number of nitrogens with one attached hydrogen (secondary N) is 1. The van der Waals surface area contributed by atoms with E-state index in [0.29, 0.717) is 0 Å². The lowest BCUT2D eigenvalue weighted by Crippen LogP contribution is -2.10. The van der Waals surface area contributed by atoms with Crippen LogP contribution in [0.4, 0.5) is 11.4 Å². The van der Waals surface area contributed by atoms with Gasteiger partial charge in [-0.15, -0.1) is 0 Å². The topological polar surface area (TPSA) is 29.9 Å². The lowest BCUT2D eigenvalue weighted by molar-refractivity contribution is 0.677. The summed E-state index contributed by atoms with van der Waals surface area (Å²) >= 11 is 0. The van der Waals surface area contributed by atoms with Crippen molar-refractivity contribution in [1.29, 1.82) is 0 Å². The van der Waals surface area contributed by atoms with E-state index in [-0.39, 0.29) is 6.04 Å². The first-order valence-electron chi connectivity index (χ1n) is 9.75. The summed E-state index contributed by atoms with van der Waals surface area (Å²) in [6.45, 7) is 0. The van der Waals surface area contributed by atoms with Crippen LogP contribution in [-0.2, 0) is 0 Å². The minimum atomic E-state index is 0.105. The molecular weight excluding hydrogens is 354 g/mol. The van der Waals surface area contributed by atoms with Crippen molar-refractivity contribution < 1.29 is 0 Å². The number of aromatic nitrogens is 2. The molecule has 5 rings (SSSR count). The average molecular weight is 375 g/mol. The average Bonchev–Trinajstić information content (AvgIpc) is 3.30. The third kappa shape index (κ3) is 3.63. The zero-order valence-corrected chi connectivity index (χ0v) is 15.9. The molecule has 0 spiro atoms. The van der Waals surface area contributed by atoms with Crippen molar-refractivity contribution in [1.82, 2.24) is 9.55 Å². The smallest absolute Gasteiger partial charge is 0.0954 e. The fraction of sp³-hybridized carbons (Fsp3) is 0.0385. The van der Waals surface area contributed by atoms with Gasteiger partial charge in [0.15, 0.2) is 0 Å². The second-order valence-corrected chi connectivity index (χ2v) is 7.13. The van der Waals surface area contributed by atoms with Gasteiger partial charge in [0.25, 0.3) is 0 Å². The SMILES string of the molecule is c1ccc(C(c2ccc(Nc3ccc4ccccc4c3)cc2)n2ccnc2)cc1. The lowest BCUT2D eigenvalue weighted by atomic mass is 9.98. The van der Waals surface area contributed by atoms with E-state index in [1.807, 2.05) is 24.8 Å². The molecule has 0 fully saturated rings. The number of rotatable bonds is 5. The standard InChI is InChI=1S/C26H21N3/c1-2-7-21(8-3-1)26(29-17-16-27-19-29)22-11-13-24(14-12-22)28-25-15-10-20-6-4-5-9-23(20)18-25/h1-19,26,28H. The summed E-state index contributed by atoms with van der Waals surface area (Å²) < 4.78 is 2.14. The molecule has 0 aliphatic heterocycles. The quantitative estimate of drug-likeness (QED) is 0.384. The normalized spacial score (nSPS) is 12.0. The van der Waals surface area contributed by atoms with Crippen LogP contribution in [-0.4, -0.2) is 9.55 Å². The van der Waals surface area contributed by atoms with E-state index in [1.165, 1.54) is 21.9 Å². The zero-order chi connectivity index (χ0) is 19.5. The van der Waals surface area contributed by atoms with Crippen molar-refractivity contribution in [3.63, 3.8) is 0 Å². The molecule has 0 amide bonds. The molecule has 4 aromatic carbocycles. The Balaban J connectivity index is 1.43. The molecule has 0 aliphatic carbocycles. The maximum atomic E-state index is 4.24. The number of imidazole rings is 1. The molecule has 1 atom stereocenters. The number of nitrogens with zero attached hydrogens (tertiary/aromatic N) is 2. The van der Waals surface area contributed by atoms with Crippen LogP contribution in [0.3, 0.4) is 0 Å². The summed E-state index contributed by atoms with van der Waals surface area (Å²) in [5.74, 6) is 0. The van der Waals surface area contributed by atoms with E-state index in [1.54, 1.807) is 0 Å². The van der Waals surface area contributed by atoms with Gasteiger partial charge in [0.2, 0.25) is 0 Å². The Morgan fingerprint density at radius 1 is 0.655 bits per heavy atom. The third-order valence-corrected chi connectivity index (χ3v) is 5.20. The van der Waals surface area contributed by atoms with Gasteiger partial charge in [0.05, 0.1) is 12.4 Å². The van der Waals surface area contributed by atoms with Crippen molar-refractivity contribution in [2.45, 2.75) is 6.04 Å². The van der Waals surface area contributed by atoms with Crippen LogP contribution in [0.15, 0.2) is 116 Å². The highest BCUT2D eigenvalue weighted by atomic mass is 15.1. The van der Waals surface area contributed by atoms with Crippen molar-refractivity contribution >= 4 is 22.1 Å². The van der Waals surface area contributed by atoms with Crippen molar-refractivity contribution in [3.8, 4) is 0 Å². The molecule has 1 heterocycles. The molecule has 1 aromatic heterocycles. The number of hydrogen-bond donors (Lipinski definition) is 1. The summed E-state index contributed by atoms with van der Waals surface area (Å²) in [6.07, 6.45) is 5.71. The van der Waals surface area contributed by atoms with E-state index >= 15 is 0 Å². The molecule has 0 saturated carbocycles. The van der Waals surface area contributed by atoms with Gasteiger partial charge in [-0.05, 0) is 46.2 Å². The van der Waals surface area contributed by atoms with Gasteiger partial charge in [0.1, 0.15) is 0 Å². The Morgan fingerprint density at radius 3 is 2.10 bits per heavy atom. The van der Waals surface area contributed by atoms with Gasteiger partial charge < -0.3 is 9.88 Å². The molecule has 0 bridgehead atoms. The van der Waals surface area contributed by atoms with E-state index < -0.39 is 0 Å². The van der Waals surface area contributed by atoms with Gasteiger partial charge in [-0.3, -0.25) is 0 Å². The second kappa shape index (κ2) is 7.64. The van der Waals surface area contributed by atoms with Gasteiger partial charge in [-0.1, -0.05) is 72.8 Å². The van der Waals surface area contributed by atoms with Crippen molar-refractivity contribution in [3.05, 3.63) is 127 Å². The first-order valence-corrected chi connectivity index (χ1v) is 9.75. The Kier molecular flexibility index (Phi) is 4.55. The Hall–Kier alpha value is -3.85. The highest BCUT2D eigenvalue weighted by Gasteiger charge is 2.15. The van der Waals surface area contributed by atoms with Crippen LogP contribution in [0.5, 0.6) is 0 Å². The van der Waals surface area contributed by atoms with Gasteiger partial charge in [-0.2, -0.15) is 0 Å². The molecule has 3 heteroatoms. The zero-order valence-electron chi connectivity index (χ0n) is 15.9. The van der Waals surface area contributed by atoms with Crippen LogP contribution in [0.25, 0.3) is 10.8 Å². The van der Waals surface area contributed by atoms with Crippen LogP contribution < -0.4 is 5.32 Å². The largest absolute Gasteiger partial charge is 0.356 e. The Labute approximate surface area is 170 Å². The number of benzene rings is 4. The number of fused-ring (bicyclic) bond motifs is 1. The van der Waals surface area contributed by atoms with Crippen molar-refractivity contribution in [2.75, 3.05) is 5.32 Å². The molecule has 29 heavy (non-hydrogen) atoms. The Morgan fingerprint density at radius 2 is 1.34 bits per heavy atom. The Bertz CT molecular complexity index is 1210. The van der Waals surface area contributed by atoms with Crippen LogP contribution in [0.1, 0.15) is 17.2 Å². The monoisotopic (exact) mass is 375 g/mol. The molecule has 1 unspecified atom stereocenters. The van der Waals surface area contributed by atoms with Crippen LogP contribution >= 0.6 is 0 Å². The maximum Gasteiger partial charge on any atom is 0.0954 e. The molecule has 5 aromatic rings. The summed E-state index contributed by atoms with van der Waals surface area (Å²) in [7, 11) is 0. The first kappa shape index (κ1) is 17.3. The van der Waals surface area contributed by atoms with E-state index in [9.17, 15) is 0 Å². The fourth-order valence-corrected chi connectivity index (χ4v) is 3.78. The van der Waals surface area contributed by atoms with Gasteiger partial charge >= 0.3 is 0 Å². The first-order chi connectivity index (χ1) is 14.4. The molecule has 1 N–H and O–H groups in total. The fourth-order valence-electron chi connectivity index (χ4n) is 3.78. The maximum absolute atomic E-state index is 4.24.